The molecule has 2 aromatic heterocycles. The summed E-state index contributed by atoms with van der Waals surface area (Å²) in [4.78, 5) is 8.53. The number of nitrogens with zero attached hydrogens (tertiary/aromatic N) is 3. The summed E-state index contributed by atoms with van der Waals surface area (Å²) in [7, 11) is 0. The monoisotopic (exact) mass is 259 g/mol. The van der Waals surface area contributed by atoms with Crippen LogP contribution in [0.25, 0.3) is 0 Å². The van der Waals surface area contributed by atoms with Gasteiger partial charge in [-0.25, -0.2) is 9.97 Å². The number of aromatic amines is 1. The van der Waals surface area contributed by atoms with Crippen molar-refractivity contribution in [3.8, 4) is 0 Å². The molecule has 5 heteroatoms. The van der Waals surface area contributed by atoms with Crippen molar-refractivity contribution in [3.63, 3.8) is 0 Å². The molecule has 0 saturated heterocycles. The molecule has 0 aliphatic heterocycles. The Kier molecular flexibility index (Phi) is 3.83. The van der Waals surface area contributed by atoms with E-state index in [2.05, 4.69) is 59.2 Å². The van der Waals surface area contributed by atoms with E-state index in [-0.39, 0.29) is 5.41 Å². The predicted molar refractivity (Wildman–Crippen MR) is 76.0 cm³/mol. The van der Waals surface area contributed by atoms with Gasteiger partial charge in [-0.05, 0) is 18.1 Å². The van der Waals surface area contributed by atoms with E-state index in [1.54, 1.807) is 0 Å². The summed E-state index contributed by atoms with van der Waals surface area (Å²) in [5, 5.41) is 10.5. The van der Waals surface area contributed by atoms with Crippen molar-refractivity contribution >= 4 is 5.95 Å². The molecule has 2 aromatic rings. The minimum Gasteiger partial charge on any atom is -0.349 e. The van der Waals surface area contributed by atoms with Crippen LogP contribution in [0.15, 0.2) is 18.5 Å². The zero-order valence-electron chi connectivity index (χ0n) is 12.0. The molecule has 0 spiro atoms. The SMILES string of the molecule is CCc1cnc(NCc2cc(C(C)(C)C)n[nH]2)nc1. The number of aromatic nitrogens is 4. The molecule has 0 amide bonds. The van der Waals surface area contributed by atoms with Crippen LogP contribution in [0.2, 0.25) is 0 Å². The summed E-state index contributed by atoms with van der Waals surface area (Å²) >= 11 is 0. The molecule has 0 radical (unpaired) electrons. The van der Waals surface area contributed by atoms with Crippen LogP contribution in [0.1, 0.15) is 44.6 Å². The largest absolute Gasteiger partial charge is 0.349 e. The zero-order chi connectivity index (χ0) is 13.9. The lowest BCUT2D eigenvalue weighted by atomic mass is 9.92. The van der Waals surface area contributed by atoms with E-state index in [0.717, 1.165) is 23.4 Å². The normalized spacial score (nSPS) is 11.6. The summed E-state index contributed by atoms with van der Waals surface area (Å²) in [6.07, 6.45) is 4.65. The van der Waals surface area contributed by atoms with Crippen molar-refractivity contribution in [2.45, 2.75) is 46.1 Å². The zero-order valence-corrected chi connectivity index (χ0v) is 12.0. The molecule has 0 aliphatic rings. The topological polar surface area (TPSA) is 66.5 Å². The lowest BCUT2D eigenvalue weighted by Crippen LogP contribution is -2.11. The van der Waals surface area contributed by atoms with Crippen LogP contribution >= 0.6 is 0 Å². The number of nitrogens with one attached hydrogen (secondary N) is 2. The van der Waals surface area contributed by atoms with Crippen LogP contribution in [0, 0.1) is 0 Å². The van der Waals surface area contributed by atoms with Crippen molar-refractivity contribution in [2.75, 3.05) is 5.32 Å². The second-order valence-electron chi connectivity index (χ2n) is 5.65. The predicted octanol–water partition coefficient (Wildman–Crippen LogP) is 2.67. The molecule has 102 valence electrons. The molecule has 0 saturated carbocycles. The molecule has 2 rings (SSSR count). The van der Waals surface area contributed by atoms with Gasteiger partial charge >= 0.3 is 0 Å². The average molecular weight is 259 g/mol. The summed E-state index contributed by atoms with van der Waals surface area (Å²) in [5.41, 5.74) is 3.30. The fourth-order valence-electron chi connectivity index (χ4n) is 1.64. The van der Waals surface area contributed by atoms with E-state index in [1.807, 2.05) is 12.4 Å². The van der Waals surface area contributed by atoms with Crippen LogP contribution in [0.5, 0.6) is 0 Å². The molecular formula is C14H21N5. The van der Waals surface area contributed by atoms with Crippen LogP contribution < -0.4 is 5.32 Å². The molecule has 5 nitrogen and oxygen atoms in total. The second-order valence-corrected chi connectivity index (χ2v) is 5.65. The Hall–Kier alpha value is -1.91. The van der Waals surface area contributed by atoms with Crippen LogP contribution in [0.3, 0.4) is 0 Å². The van der Waals surface area contributed by atoms with Crippen molar-refractivity contribution < 1.29 is 0 Å². The number of hydrogen-bond acceptors (Lipinski definition) is 4. The smallest absolute Gasteiger partial charge is 0.222 e. The number of H-pyrrole nitrogens is 1. The van der Waals surface area contributed by atoms with Gasteiger partial charge in [0.2, 0.25) is 5.95 Å². The van der Waals surface area contributed by atoms with Gasteiger partial charge in [-0.15, -0.1) is 0 Å². The fraction of sp³-hybridized carbons (Fsp3) is 0.500. The number of anilines is 1. The van der Waals surface area contributed by atoms with Crippen LogP contribution in [-0.2, 0) is 18.4 Å². The molecule has 19 heavy (non-hydrogen) atoms. The van der Waals surface area contributed by atoms with E-state index in [1.165, 1.54) is 0 Å². The Morgan fingerprint density at radius 2 is 1.89 bits per heavy atom. The van der Waals surface area contributed by atoms with Crippen LogP contribution in [0.4, 0.5) is 5.95 Å². The minimum absolute atomic E-state index is 0.0635. The fourth-order valence-corrected chi connectivity index (χ4v) is 1.64. The van der Waals surface area contributed by atoms with E-state index in [4.69, 9.17) is 0 Å². The molecule has 0 atom stereocenters. The summed E-state index contributed by atoms with van der Waals surface area (Å²) in [6.45, 7) is 9.17. The Labute approximate surface area is 113 Å². The van der Waals surface area contributed by atoms with Gasteiger partial charge in [0.15, 0.2) is 0 Å². The van der Waals surface area contributed by atoms with Gasteiger partial charge in [-0.3, -0.25) is 5.10 Å². The summed E-state index contributed by atoms with van der Waals surface area (Å²) in [6, 6.07) is 2.08. The molecule has 0 fully saturated rings. The molecule has 0 aliphatic carbocycles. The van der Waals surface area contributed by atoms with Gasteiger partial charge in [0.25, 0.3) is 0 Å². The van der Waals surface area contributed by atoms with Crippen molar-refractivity contribution in [2.24, 2.45) is 0 Å². The maximum atomic E-state index is 4.32. The minimum atomic E-state index is 0.0635. The highest BCUT2D eigenvalue weighted by atomic mass is 15.2. The Bertz CT molecular complexity index is 522. The van der Waals surface area contributed by atoms with Crippen LogP contribution in [-0.4, -0.2) is 20.2 Å². The van der Waals surface area contributed by atoms with E-state index in [9.17, 15) is 0 Å². The molecule has 2 heterocycles. The van der Waals surface area contributed by atoms with E-state index in [0.29, 0.717) is 12.5 Å². The van der Waals surface area contributed by atoms with E-state index >= 15 is 0 Å². The summed E-state index contributed by atoms with van der Waals surface area (Å²) in [5.74, 6) is 0.643. The maximum absolute atomic E-state index is 4.32. The first-order chi connectivity index (χ1) is 8.99. The van der Waals surface area contributed by atoms with Gasteiger partial charge in [0, 0.05) is 17.8 Å². The van der Waals surface area contributed by atoms with Crippen molar-refractivity contribution in [1.82, 2.24) is 20.2 Å². The first-order valence-corrected chi connectivity index (χ1v) is 6.58. The van der Waals surface area contributed by atoms with E-state index < -0.39 is 0 Å². The summed E-state index contributed by atoms with van der Waals surface area (Å²) < 4.78 is 0. The highest BCUT2D eigenvalue weighted by Crippen LogP contribution is 2.20. The van der Waals surface area contributed by atoms with Gasteiger partial charge in [-0.1, -0.05) is 27.7 Å². The Morgan fingerprint density at radius 1 is 1.21 bits per heavy atom. The highest BCUT2D eigenvalue weighted by molar-refractivity contribution is 5.27. The van der Waals surface area contributed by atoms with Crippen molar-refractivity contribution in [3.05, 3.63) is 35.4 Å². The average Bonchev–Trinajstić information content (AvgIpc) is 2.86. The third-order valence-corrected chi connectivity index (χ3v) is 2.95. The lowest BCUT2D eigenvalue weighted by Gasteiger charge is -2.13. The standard InChI is InChI=1S/C14H21N5/c1-5-10-7-15-13(16-8-10)17-9-11-6-12(19-18-11)14(2,3)4/h6-8H,5,9H2,1-4H3,(H,18,19)(H,15,16,17). The number of aryl methyl sites for hydroxylation is 1. The second kappa shape index (κ2) is 5.38. The van der Waals surface area contributed by atoms with Gasteiger partial charge in [0.05, 0.1) is 17.9 Å². The maximum Gasteiger partial charge on any atom is 0.222 e. The molecular weight excluding hydrogens is 238 g/mol. The quantitative estimate of drug-likeness (QED) is 0.886. The van der Waals surface area contributed by atoms with Gasteiger partial charge in [0.1, 0.15) is 0 Å². The molecule has 2 N–H and O–H groups in total. The van der Waals surface area contributed by atoms with Gasteiger partial charge < -0.3 is 5.32 Å². The Morgan fingerprint density at radius 3 is 2.42 bits per heavy atom. The van der Waals surface area contributed by atoms with Crippen molar-refractivity contribution in [1.29, 1.82) is 0 Å². The Balaban J connectivity index is 1.96. The highest BCUT2D eigenvalue weighted by Gasteiger charge is 2.17. The number of rotatable bonds is 4. The third-order valence-electron chi connectivity index (χ3n) is 2.95. The lowest BCUT2D eigenvalue weighted by molar-refractivity contribution is 0.567. The number of hydrogen-bond donors (Lipinski definition) is 2. The van der Waals surface area contributed by atoms with Gasteiger partial charge in [-0.2, -0.15) is 5.10 Å². The first-order valence-electron chi connectivity index (χ1n) is 6.58. The molecule has 0 aromatic carbocycles. The molecule has 0 unspecified atom stereocenters. The molecule has 0 bridgehead atoms. The third kappa shape index (κ3) is 3.53. The first kappa shape index (κ1) is 13.5.